The van der Waals surface area contributed by atoms with Crippen molar-refractivity contribution in [2.24, 2.45) is 0 Å². The molecule has 1 aromatic carbocycles. The van der Waals surface area contributed by atoms with Gasteiger partial charge in [0.2, 0.25) is 10.7 Å². The van der Waals surface area contributed by atoms with Crippen LogP contribution < -0.4 is 10.6 Å². The molecule has 0 bridgehead atoms. The van der Waals surface area contributed by atoms with Crippen molar-refractivity contribution in [3.8, 4) is 5.69 Å². The van der Waals surface area contributed by atoms with Gasteiger partial charge in [0.05, 0.1) is 11.4 Å². The van der Waals surface area contributed by atoms with Crippen molar-refractivity contribution in [2.75, 3.05) is 24.7 Å². The molecule has 0 fully saturated rings. The van der Waals surface area contributed by atoms with Gasteiger partial charge in [-0.25, -0.2) is 5.10 Å². The molecular formula is C10H13N5S. The van der Waals surface area contributed by atoms with Gasteiger partial charge >= 0.3 is 0 Å². The molecule has 0 amide bonds. The van der Waals surface area contributed by atoms with Gasteiger partial charge in [0.15, 0.2) is 0 Å². The molecule has 2 aromatic rings. The van der Waals surface area contributed by atoms with Crippen LogP contribution in [0.2, 0.25) is 0 Å². The van der Waals surface area contributed by atoms with E-state index in [4.69, 9.17) is 18.0 Å². The Bertz CT molecular complexity index is 554. The van der Waals surface area contributed by atoms with Crippen LogP contribution in [0.1, 0.15) is 0 Å². The molecule has 16 heavy (non-hydrogen) atoms. The molecule has 84 valence electrons. The number of nitrogens with one attached hydrogen (secondary N) is 1. The van der Waals surface area contributed by atoms with Crippen LogP contribution in [0.4, 0.5) is 11.6 Å². The van der Waals surface area contributed by atoms with Crippen LogP contribution >= 0.6 is 12.2 Å². The molecule has 0 aliphatic heterocycles. The number of aromatic nitrogens is 3. The third-order valence-electron chi connectivity index (χ3n) is 2.30. The van der Waals surface area contributed by atoms with E-state index < -0.39 is 0 Å². The monoisotopic (exact) mass is 235 g/mol. The number of rotatable bonds is 2. The smallest absolute Gasteiger partial charge is 0.225 e. The van der Waals surface area contributed by atoms with Crippen LogP contribution in [0.3, 0.4) is 0 Å². The fraction of sp³-hybridized carbons (Fsp3) is 0.200. The van der Waals surface area contributed by atoms with E-state index in [-0.39, 0.29) is 0 Å². The summed E-state index contributed by atoms with van der Waals surface area (Å²) in [5.41, 5.74) is 7.73. The van der Waals surface area contributed by atoms with Gasteiger partial charge in [-0.05, 0) is 24.4 Å². The Hall–Kier alpha value is -1.82. The molecule has 0 atom stereocenters. The van der Waals surface area contributed by atoms with Crippen LogP contribution in [0.5, 0.6) is 0 Å². The number of nitrogen functional groups attached to an aromatic ring is 1. The Kier molecular flexibility index (Phi) is 2.66. The summed E-state index contributed by atoms with van der Waals surface area (Å²) < 4.78 is 2.21. The molecule has 6 heteroatoms. The minimum absolute atomic E-state index is 0.360. The summed E-state index contributed by atoms with van der Waals surface area (Å²) in [4.78, 5) is 2.00. The van der Waals surface area contributed by atoms with Crippen molar-refractivity contribution in [3.05, 3.63) is 29.0 Å². The second-order valence-corrected chi connectivity index (χ2v) is 3.99. The van der Waals surface area contributed by atoms with Gasteiger partial charge in [-0.1, -0.05) is 12.1 Å². The van der Waals surface area contributed by atoms with E-state index >= 15 is 0 Å². The van der Waals surface area contributed by atoms with E-state index in [0.717, 1.165) is 11.4 Å². The summed E-state index contributed by atoms with van der Waals surface area (Å²) in [6.45, 7) is 0. The summed E-state index contributed by atoms with van der Waals surface area (Å²) in [7, 11) is 3.94. The lowest BCUT2D eigenvalue weighted by atomic mass is 10.2. The molecule has 3 N–H and O–H groups in total. The van der Waals surface area contributed by atoms with Crippen molar-refractivity contribution in [3.63, 3.8) is 0 Å². The van der Waals surface area contributed by atoms with E-state index in [1.165, 1.54) is 0 Å². The molecule has 1 heterocycles. The lowest BCUT2D eigenvalue weighted by Gasteiger charge is -2.17. The molecule has 0 radical (unpaired) electrons. The predicted octanol–water partition coefficient (Wildman–Crippen LogP) is 1.58. The Morgan fingerprint density at radius 1 is 1.38 bits per heavy atom. The van der Waals surface area contributed by atoms with Gasteiger partial charge in [0.25, 0.3) is 0 Å². The van der Waals surface area contributed by atoms with E-state index in [1.807, 2.05) is 43.3 Å². The molecule has 0 aliphatic rings. The predicted molar refractivity (Wildman–Crippen MR) is 67.5 cm³/mol. The van der Waals surface area contributed by atoms with Crippen molar-refractivity contribution in [1.82, 2.24) is 14.8 Å². The third-order valence-corrected chi connectivity index (χ3v) is 2.58. The maximum absolute atomic E-state index is 5.78. The number of hydrogen-bond acceptors (Lipinski definition) is 4. The molecule has 2 rings (SSSR count). The number of anilines is 2. The molecule has 0 saturated carbocycles. The standard InChI is InChI=1S/C10H13N5S/c1-14(2)7-5-3-4-6-8(7)15-9(11)12-13-10(15)16/h3-6H,1-2H3,(H2,11,12)(H,13,16). The van der Waals surface area contributed by atoms with Crippen molar-refractivity contribution >= 4 is 23.9 Å². The van der Waals surface area contributed by atoms with E-state index in [0.29, 0.717) is 10.7 Å². The highest BCUT2D eigenvalue weighted by Crippen LogP contribution is 2.24. The average molecular weight is 235 g/mol. The van der Waals surface area contributed by atoms with Crippen LogP contribution in [-0.4, -0.2) is 28.9 Å². The zero-order valence-electron chi connectivity index (χ0n) is 9.14. The fourth-order valence-corrected chi connectivity index (χ4v) is 1.81. The second kappa shape index (κ2) is 3.97. The van der Waals surface area contributed by atoms with Crippen molar-refractivity contribution < 1.29 is 0 Å². The van der Waals surface area contributed by atoms with Crippen LogP contribution in [0, 0.1) is 4.77 Å². The SMILES string of the molecule is CN(C)c1ccccc1-n1c(N)n[nH]c1=S. The highest BCUT2D eigenvalue weighted by Gasteiger charge is 2.10. The number of H-pyrrole nitrogens is 1. The first-order valence-electron chi connectivity index (χ1n) is 4.81. The van der Waals surface area contributed by atoms with E-state index in [2.05, 4.69) is 10.2 Å². The molecule has 0 saturated heterocycles. The summed E-state index contributed by atoms with van der Waals surface area (Å²) >= 11 is 5.15. The first kappa shape index (κ1) is 10.7. The number of benzene rings is 1. The number of nitrogens with zero attached hydrogens (tertiary/aromatic N) is 3. The topological polar surface area (TPSA) is 62.9 Å². The van der Waals surface area contributed by atoms with Crippen molar-refractivity contribution in [2.45, 2.75) is 0 Å². The minimum atomic E-state index is 0.360. The summed E-state index contributed by atoms with van der Waals surface area (Å²) in [5, 5.41) is 6.57. The molecule has 0 spiro atoms. The van der Waals surface area contributed by atoms with Crippen molar-refractivity contribution in [1.29, 1.82) is 0 Å². The normalized spacial score (nSPS) is 10.4. The maximum Gasteiger partial charge on any atom is 0.225 e. The Labute approximate surface area is 98.5 Å². The number of hydrogen-bond donors (Lipinski definition) is 2. The van der Waals surface area contributed by atoms with Gasteiger partial charge in [0.1, 0.15) is 0 Å². The largest absolute Gasteiger partial charge is 0.376 e. The molecular weight excluding hydrogens is 222 g/mol. The first-order chi connectivity index (χ1) is 7.61. The van der Waals surface area contributed by atoms with Gasteiger partial charge in [0, 0.05) is 14.1 Å². The highest BCUT2D eigenvalue weighted by molar-refractivity contribution is 7.71. The zero-order chi connectivity index (χ0) is 11.7. The maximum atomic E-state index is 5.78. The second-order valence-electron chi connectivity index (χ2n) is 3.61. The quantitative estimate of drug-likeness (QED) is 0.776. The average Bonchev–Trinajstić information content (AvgIpc) is 2.58. The zero-order valence-corrected chi connectivity index (χ0v) is 9.95. The lowest BCUT2D eigenvalue weighted by molar-refractivity contribution is 1.01. The molecule has 0 unspecified atom stereocenters. The van der Waals surface area contributed by atoms with Gasteiger partial charge in [-0.3, -0.25) is 4.57 Å². The van der Waals surface area contributed by atoms with Gasteiger partial charge in [-0.2, -0.15) is 0 Å². The first-order valence-corrected chi connectivity index (χ1v) is 5.21. The van der Waals surface area contributed by atoms with E-state index in [9.17, 15) is 0 Å². The Balaban J connectivity index is 2.69. The summed E-state index contributed by atoms with van der Waals surface area (Å²) in [6, 6.07) is 7.87. The van der Waals surface area contributed by atoms with Crippen LogP contribution in [0.25, 0.3) is 5.69 Å². The minimum Gasteiger partial charge on any atom is -0.376 e. The number of aromatic amines is 1. The third kappa shape index (κ3) is 1.67. The van der Waals surface area contributed by atoms with Gasteiger partial charge in [-0.15, -0.1) is 5.10 Å². The Morgan fingerprint density at radius 2 is 2.06 bits per heavy atom. The summed E-state index contributed by atoms with van der Waals surface area (Å²) in [5.74, 6) is 0.360. The molecule has 1 aromatic heterocycles. The van der Waals surface area contributed by atoms with Crippen LogP contribution in [-0.2, 0) is 0 Å². The fourth-order valence-electron chi connectivity index (χ4n) is 1.57. The Morgan fingerprint density at radius 3 is 2.62 bits per heavy atom. The highest BCUT2D eigenvalue weighted by atomic mass is 32.1. The number of para-hydroxylation sites is 2. The lowest BCUT2D eigenvalue weighted by Crippen LogP contribution is -2.13. The van der Waals surface area contributed by atoms with E-state index in [1.54, 1.807) is 4.57 Å². The molecule has 5 nitrogen and oxygen atoms in total. The van der Waals surface area contributed by atoms with Crippen LogP contribution in [0.15, 0.2) is 24.3 Å². The number of nitrogens with two attached hydrogens (primary N) is 1. The molecule has 0 aliphatic carbocycles. The van der Waals surface area contributed by atoms with Gasteiger partial charge < -0.3 is 10.6 Å². The summed E-state index contributed by atoms with van der Waals surface area (Å²) in [6.07, 6.45) is 0.